The Morgan fingerprint density at radius 3 is 2.20 bits per heavy atom. The number of halogens is 2. The average molecular weight is 274 g/mol. The summed E-state index contributed by atoms with van der Waals surface area (Å²) in [5.41, 5.74) is 0. The van der Waals surface area contributed by atoms with E-state index in [1.54, 1.807) is 6.07 Å². The zero-order valence-electron chi connectivity index (χ0n) is 5.40. The van der Waals surface area contributed by atoms with Gasteiger partial charge in [-0.2, -0.15) is 0 Å². The van der Waals surface area contributed by atoms with Crippen molar-refractivity contribution in [1.82, 2.24) is 0 Å². The fourth-order valence-electron chi connectivity index (χ4n) is 0.484. The summed E-state index contributed by atoms with van der Waals surface area (Å²) in [5, 5.41) is 10.8. The number of hydrogen-bond donors (Lipinski definition) is 0. The van der Waals surface area contributed by atoms with Gasteiger partial charge in [-0.25, -0.2) is 0 Å². The van der Waals surface area contributed by atoms with Gasteiger partial charge in [0.1, 0.15) is 0 Å². The van der Waals surface area contributed by atoms with Gasteiger partial charge in [0.25, 0.3) is 0 Å². The molecule has 0 spiro atoms. The van der Waals surface area contributed by atoms with E-state index in [1.807, 2.05) is 6.07 Å². The summed E-state index contributed by atoms with van der Waals surface area (Å²) >= 11 is 6.32. The largest absolute Gasteiger partial charge is 1.00 e. The van der Waals surface area contributed by atoms with Crippen LogP contribution in [0.4, 0.5) is 0 Å². The second kappa shape index (κ2) is 4.78. The number of rotatable bonds is 0. The van der Waals surface area contributed by atoms with Gasteiger partial charge in [0.2, 0.25) is 0 Å². The zero-order valence-corrected chi connectivity index (χ0v) is 10.6. The molecule has 0 amide bonds. The summed E-state index contributed by atoms with van der Waals surface area (Å²) in [7, 11) is 0. The Balaban J connectivity index is 0.000000810. The van der Waals surface area contributed by atoms with E-state index in [9.17, 15) is 5.11 Å². The first kappa shape index (κ1) is 11.0. The normalized spacial score (nSPS) is 8.60. The molecule has 48 valence electrons. The van der Waals surface area contributed by atoms with E-state index in [2.05, 4.69) is 31.9 Å². The molecule has 1 aromatic carbocycles. The molecule has 4 heteroatoms. The molecule has 0 atom stereocenters. The van der Waals surface area contributed by atoms with E-state index in [0.29, 0.717) is 4.47 Å². The van der Waals surface area contributed by atoms with Crippen molar-refractivity contribution in [1.29, 1.82) is 0 Å². The van der Waals surface area contributed by atoms with Crippen molar-refractivity contribution >= 4 is 31.9 Å². The monoisotopic (exact) mass is 272 g/mol. The van der Waals surface area contributed by atoms with Crippen LogP contribution in [-0.4, -0.2) is 0 Å². The predicted molar refractivity (Wildman–Crippen MR) is 41.3 cm³/mol. The van der Waals surface area contributed by atoms with Crippen molar-refractivity contribution in [2.75, 3.05) is 0 Å². The average Bonchev–Trinajstić information content (AvgIpc) is 1.83. The van der Waals surface area contributed by atoms with E-state index < -0.39 is 0 Å². The van der Waals surface area contributed by atoms with Gasteiger partial charge in [0.15, 0.2) is 0 Å². The number of hydrogen-bond acceptors (Lipinski definition) is 1. The molecule has 0 aliphatic carbocycles. The fourth-order valence-corrected chi connectivity index (χ4v) is 1.10. The first-order valence-electron chi connectivity index (χ1n) is 2.33. The van der Waals surface area contributed by atoms with Crippen LogP contribution in [0.15, 0.2) is 27.1 Å². The third-order valence-electron chi connectivity index (χ3n) is 0.916. The van der Waals surface area contributed by atoms with Crippen molar-refractivity contribution in [3.8, 4) is 5.75 Å². The Morgan fingerprint density at radius 2 is 1.80 bits per heavy atom. The third kappa shape index (κ3) is 2.55. The van der Waals surface area contributed by atoms with Crippen molar-refractivity contribution in [2.24, 2.45) is 0 Å². The molecule has 0 aliphatic rings. The topological polar surface area (TPSA) is 23.1 Å². The van der Waals surface area contributed by atoms with Gasteiger partial charge in [-0.3, -0.25) is 0 Å². The van der Waals surface area contributed by atoms with Crippen LogP contribution in [0.1, 0.15) is 0 Å². The summed E-state index contributed by atoms with van der Waals surface area (Å²) in [6, 6.07) is 5.03. The van der Waals surface area contributed by atoms with Gasteiger partial charge >= 0.3 is 29.6 Å². The summed E-state index contributed by atoms with van der Waals surface area (Å²) in [6.07, 6.45) is 0. The molecular formula is C6H3Br2NaO. The predicted octanol–water partition coefficient (Wildman–Crippen LogP) is -0.711. The van der Waals surface area contributed by atoms with Crippen LogP contribution in [0.25, 0.3) is 0 Å². The second-order valence-corrected chi connectivity index (χ2v) is 3.20. The number of benzene rings is 1. The third-order valence-corrected chi connectivity index (χ3v) is 2.93. The molecule has 0 fully saturated rings. The molecule has 0 radical (unpaired) electrons. The van der Waals surface area contributed by atoms with Crippen LogP contribution in [0.3, 0.4) is 0 Å². The van der Waals surface area contributed by atoms with Gasteiger partial charge in [0.05, 0.1) is 0 Å². The zero-order chi connectivity index (χ0) is 6.85. The fraction of sp³-hybridized carbons (Fsp3) is 0. The standard InChI is InChI=1S/C6H4Br2O.Na/c7-4-2-1-3-5(9)6(4)8;/h1-3,9H;/q;+1/p-1. The Morgan fingerprint density at radius 1 is 1.20 bits per heavy atom. The quantitative estimate of drug-likeness (QED) is 0.573. The minimum absolute atomic E-state index is 0. The Bertz CT molecular complexity index is 207. The van der Waals surface area contributed by atoms with E-state index in [-0.39, 0.29) is 35.3 Å². The van der Waals surface area contributed by atoms with Gasteiger partial charge in [-0.05, 0) is 22.0 Å². The summed E-state index contributed by atoms with van der Waals surface area (Å²) in [5.74, 6) is 0.00405. The Hall–Kier alpha value is 0.980. The van der Waals surface area contributed by atoms with E-state index in [0.717, 1.165) is 4.47 Å². The molecule has 1 aromatic rings. The summed E-state index contributed by atoms with van der Waals surface area (Å²) < 4.78 is 1.39. The molecule has 1 rings (SSSR count). The van der Waals surface area contributed by atoms with Crippen LogP contribution in [0, 0.1) is 0 Å². The molecule has 0 saturated heterocycles. The molecule has 0 bridgehead atoms. The van der Waals surface area contributed by atoms with E-state index in [1.165, 1.54) is 6.07 Å². The molecule has 0 unspecified atom stereocenters. The van der Waals surface area contributed by atoms with Gasteiger partial charge in [-0.15, -0.1) is 0 Å². The van der Waals surface area contributed by atoms with Crippen molar-refractivity contribution in [2.45, 2.75) is 0 Å². The molecule has 0 heterocycles. The van der Waals surface area contributed by atoms with Gasteiger partial charge in [-0.1, -0.05) is 33.8 Å². The Labute approximate surface area is 98.4 Å². The summed E-state index contributed by atoms with van der Waals surface area (Å²) in [6.45, 7) is 0. The van der Waals surface area contributed by atoms with Crippen LogP contribution in [-0.2, 0) is 0 Å². The molecule has 0 saturated carbocycles. The maximum atomic E-state index is 10.8. The maximum Gasteiger partial charge on any atom is 1.00 e. The smallest absolute Gasteiger partial charge is 0.872 e. The van der Waals surface area contributed by atoms with Crippen LogP contribution >= 0.6 is 31.9 Å². The van der Waals surface area contributed by atoms with Crippen molar-refractivity contribution < 1.29 is 34.7 Å². The molecule has 10 heavy (non-hydrogen) atoms. The van der Waals surface area contributed by atoms with Crippen molar-refractivity contribution in [3.63, 3.8) is 0 Å². The minimum Gasteiger partial charge on any atom is -0.872 e. The van der Waals surface area contributed by atoms with E-state index in [4.69, 9.17) is 0 Å². The van der Waals surface area contributed by atoms with Crippen LogP contribution in [0.2, 0.25) is 0 Å². The Kier molecular flexibility index (Phi) is 5.24. The molecule has 0 aliphatic heterocycles. The second-order valence-electron chi connectivity index (χ2n) is 1.55. The summed E-state index contributed by atoms with van der Waals surface area (Å²) in [4.78, 5) is 0. The van der Waals surface area contributed by atoms with Gasteiger partial charge < -0.3 is 5.11 Å². The van der Waals surface area contributed by atoms with Crippen molar-refractivity contribution in [3.05, 3.63) is 27.1 Å². The van der Waals surface area contributed by atoms with Gasteiger partial charge in [0, 0.05) is 8.95 Å². The minimum atomic E-state index is 0. The van der Waals surface area contributed by atoms with Crippen LogP contribution < -0.4 is 34.7 Å². The SMILES string of the molecule is [Na+].[O-]c1cccc(Br)c1Br. The maximum absolute atomic E-state index is 10.8. The first-order valence-corrected chi connectivity index (χ1v) is 3.91. The van der Waals surface area contributed by atoms with E-state index >= 15 is 0 Å². The molecular weight excluding hydrogens is 271 g/mol. The first-order chi connectivity index (χ1) is 4.22. The molecule has 0 aromatic heterocycles. The van der Waals surface area contributed by atoms with Crippen LogP contribution in [0.5, 0.6) is 5.75 Å². The molecule has 0 N–H and O–H groups in total. The molecule has 1 nitrogen and oxygen atoms in total.